The monoisotopic (exact) mass is 512 g/mol. The van der Waals surface area contributed by atoms with E-state index >= 15 is 0 Å². The number of alkyl halides is 4. The van der Waals surface area contributed by atoms with Crippen LogP contribution in [-0.4, -0.2) is 28.9 Å². The highest BCUT2D eigenvalue weighted by atomic mass is 79.9. The fourth-order valence-electron chi connectivity index (χ4n) is 3.95. The molecule has 9 heteroatoms. The molecule has 2 amide bonds. The molecule has 2 heterocycles. The van der Waals surface area contributed by atoms with Crippen molar-refractivity contribution in [2.45, 2.75) is 53.1 Å². The lowest BCUT2D eigenvalue weighted by Crippen LogP contribution is -2.59. The largest absolute Gasteiger partial charge is 0.409 e. The van der Waals surface area contributed by atoms with E-state index in [1.807, 2.05) is 55.6 Å². The number of fused-ring (bicyclic) bond motifs is 2. The first-order valence-corrected chi connectivity index (χ1v) is 11.5. The van der Waals surface area contributed by atoms with Crippen LogP contribution in [0.1, 0.15) is 34.7 Å². The third-order valence-corrected chi connectivity index (χ3v) is 7.62. The zero-order valence-electron chi connectivity index (χ0n) is 16.7. The van der Waals surface area contributed by atoms with Crippen LogP contribution in [0.2, 0.25) is 0 Å². The molecule has 1 saturated heterocycles. The fraction of sp³-hybridized carbons (Fsp3) is 0.364. The second-order valence-corrected chi connectivity index (χ2v) is 10.2. The van der Waals surface area contributed by atoms with Crippen LogP contribution in [-0.2, 0) is 9.59 Å². The van der Waals surface area contributed by atoms with Crippen molar-refractivity contribution in [2.24, 2.45) is 5.92 Å². The Kier molecular flexibility index (Phi) is 5.85. The van der Waals surface area contributed by atoms with Gasteiger partial charge in [0.15, 0.2) is 0 Å². The molecule has 0 aromatic heterocycles. The summed E-state index contributed by atoms with van der Waals surface area (Å²) >= 11 is 4.62. The van der Waals surface area contributed by atoms with Crippen LogP contribution < -0.4 is 10.6 Å². The van der Waals surface area contributed by atoms with Crippen LogP contribution in [0.5, 0.6) is 0 Å². The van der Waals surface area contributed by atoms with E-state index in [9.17, 15) is 22.8 Å². The number of hydrogen-bond acceptors (Lipinski definition) is 3. The van der Waals surface area contributed by atoms with Gasteiger partial charge in [0.25, 0.3) is 0 Å². The Morgan fingerprint density at radius 3 is 2.16 bits per heavy atom. The van der Waals surface area contributed by atoms with Crippen LogP contribution in [0.3, 0.4) is 0 Å². The van der Waals surface area contributed by atoms with E-state index in [0.29, 0.717) is 0 Å². The van der Waals surface area contributed by atoms with Gasteiger partial charge in [0.2, 0.25) is 11.8 Å². The van der Waals surface area contributed by atoms with Gasteiger partial charge in [-0.3, -0.25) is 9.59 Å². The van der Waals surface area contributed by atoms with Gasteiger partial charge in [-0.1, -0.05) is 52.0 Å². The number of rotatable bonds is 2. The minimum atomic E-state index is -4.58. The standard InChI is InChI=1S/C22H20BrF3N2O2S/c1-10-3-5-12-16(7-10)31-17-8-11(2)4-6-13(17)18(12)27-20(29)14-9-15(23)19(22(24,25)26)28-21(14)30/h3-8,14-15,18-19H,9H2,1-2H3,(H,27,29)(H,28,30). The van der Waals surface area contributed by atoms with Gasteiger partial charge >= 0.3 is 6.18 Å². The van der Waals surface area contributed by atoms with E-state index < -0.39 is 40.8 Å². The predicted molar refractivity (Wildman–Crippen MR) is 115 cm³/mol. The van der Waals surface area contributed by atoms with Crippen molar-refractivity contribution in [2.75, 3.05) is 0 Å². The van der Waals surface area contributed by atoms with Crippen molar-refractivity contribution in [1.82, 2.24) is 10.6 Å². The summed E-state index contributed by atoms with van der Waals surface area (Å²) in [5.74, 6) is -2.70. The molecule has 0 spiro atoms. The van der Waals surface area contributed by atoms with Crippen LogP contribution in [0.4, 0.5) is 13.2 Å². The molecule has 3 atom stereocenters. The van der Waals surface area contributed by atoms with Gasteiger partial charge in [0, 0.05) is 14.6 Å². The van der Waals surface area contributed by atoms with Gasteiger partial charge in [-0.25, -0.2) is 0 Å². The quantitative estimate of drug-likeness (QED) is 0.448. The Morgan fingerprint density at radius 2 is 1.65 bits per heavy atom. The number of halogens is 4. The Hall–Kier alpha value is -2.00. The minimum absolute atomic E-state index is 0.231. The van der Waals surface area contributed by atoms with Crippen molar-refractivity contribution in [3.05, 3.63) is 58.7 Å². The molecule has 4 nitrogen and oxygen atoms in total. The number of piperidine rings is 1. The van der Waals surface area contributed by atoms with E-state index in [1.165, 1.54) is 0 Å². The molecule has 2 N–H and O–H groups in total. The Labute approximate surface area is 190 Å². The summed E-state index contributed by atoms with van der Waals surface area (Å²) in [6, 6.07) is 9.38. The highest BCUT2D eigenvalue weighted by molar-refractivity contribution is 9.09. The third kappa shape index (κ3) is 4.35. The number of carbonyl (C=O) groups excluding carboxylic acids is 2. The van der Waals surface area contributed by atoms with Crippen molar-refractivity contribution in [3.63, 3.8) is 0 Å². The van der Waals surface area contributed by atoms with E-state index in [0.717, 1.165) is 32.0 Å². The van der Waals surface area contributed by atoms with Crippen LogP contribution >= 0.6 is 27.7 Å². The normalized spacial score (nSPS) is 23.5. The lowest BCUT2D eigenvalue weighted by molar-refractivity contribution is -0.169. The zero-order chi connectivity index (χ0) is 22.5. The predicted octanol–water partition coefficient (Wildman–Crippen LogP) is 4.80. The van der Waals surface area contributed by atoms with Crippen LogP contribution in [0, 0.1) is 19.8 Å². The minimum Gasteiger partial charge on any atom is -0.344 e. The van der Waals surface area contributed by atoms with E-state index in [1.54, 1.807) is 11.8 Å². The molecule has 0 aliphatic carbocycles. The van der Waals surface area contributed by atoms with Gasteiger partial charge in [-0.2, -0.15) is 13.2 Å². The van der Waals surface area contributed by atoms with Gasteiger partial charge < -0.3 is 10.6 Å². The molecule has 3 unspecified atom stereocenters. The van der Waals surface area contributed by atoms with Crippen molar-refractivity contribution in [3.8, 4) is 0 Å². The number of nitrogens with one attached hydrogen (secondary N) is 2. The molecule has 0 radical (unpaired) electrons. The fourth-order valence-corrected chi connectivity index (χ4v) is 6.09. The molecular formula is C22H20BrF3N2O2S. The third-order valence-electron chi connectivity index (χ3n) is 5.57. The summed E-state index contributed by atoms with van der Waals surface area (Å²) in [6.45, 7) is 3.97. The number of benzene rings is 2. The van der Waals surface area contributed by atoms with E-state index in [-0.39, 0.29) is 6.42 Å². The average molecular weight is 513 g/mol. The molecule has 0 bridgehead atoms. The van der Waals surface area contributed by atoms with E-state index in [4.69, 9.17) is 0 Å². The molecule has 2 aliphatic heterocycles. The molecule has 4 rings (SSSR count). The number of hydrogen-bond donors (Lipinski definition) is 2. The highest BCUT2D eigenvalue weighted by Gasteiger charge is 2.51. The molecule has 164 valence electrons. The van der Waals surface area contributed by atoms with Gasteiger partial charge in [-0.15, -0.1) is 0 Å². The molecule has 0 saturated carbocycles. The summed E-state index contributed by atoms with van der Waals surface area (Å²) in [7, 11) is 0. The van der Waals surface area contributed by atoms with Crippen LogP contribution in [0.15, 0.2) is 46.2 Å². The number of aryl methyl sites for hydroxylation is 2. The summed E-state index contributed by atoms with van der Waals surface area (Å²) in [5.41, 5.74) is 3.97. The number of amides is 2. The van der Waals surface area contributed by atoms with E-state index in [2.05, 4.69) is 21.2 Å². The molecule has 1 fully saturated rings. The Balaban J connectivity index is 1.62. The van der Waals surface area contributed by atoms with Gasteiger partial charge in [0.05, 0.1) is 6.04 Å². The van der Waals surface area contributed by atoms with Crippen molar-refractivity contribution >= 4 is 39.5 Å². The first kappa shape index (κ1) is 22.2. The Bertz CT molecular complexity index is 1010. The molecule has 2 aliphatic rings. The first-order chi connectivity index (χ1) is 14.5. The zero-order valence-corrected chi connectivity index (χ0v) is 19.1. The second-order valence-electron chi connectivity index (χ2n) is 7.96. The maximum atomic E-state index is 13.1. The van der Waals surface area contributed by atoms with Crippen LogP contribution in [0.25, 0.3) is 0 Å². The average Bonchev–Trinajstić information content (AvgIpc) is 2.67. The molecule has 31 heavy (non-hydrogen) atoms. The topological polar surface area (TPSA) is 58.2 Å². The van der Waals surface area contributed by atoms with Gasteiger partial charge in [0.1, 0.15) is 12.0 Å². The van der Waals surface area contributed by atoms with Crippen molar-refractivity contribution < 1.29 is 22.8 Å². The molecule has 2 aromatic rings. The van der Waals surface area contributed by atoms with Gasteiger partial charge in [-0.05, 0) is 54.7 Å². The molecule has 2 aromatic carbocycles. The molecular weight excluding hydrogens is 493 g/mol. The first-order valence-electron chi connectivity index (χ1n) is 9.75. The maximum absolute atomic E-state index is 13.1. The maximum Gasteiger partial charge on any atom is 0.409 e. The second kappa shape index (κ2) is 8.16. The van der Waals surface area contributed by atoms with Crippen molar-refractivity contribution in [1.29, 1.82) is 0 Å². The lowest BCUT2D eigenvalue weighted by Gasteiger charge is -2.35. The summed E-state index contributed by atoms with van der Waals surface area (Å²) < 4.78 is 39.3. The highest BCUT2D eigenvalue weighted by Crippen LogP contribution is 2.45. The SMILES string of the molecule is Cc1ccc2c(c1)Sc1cc(C)ccc1C2NC(=O)C1CC(Br)C(C(F)(F)F)NC1=O. The smallest absolute Gasteiger partial charge is 0.344 e. The summed E-state index contributed by atoms with van der Waals surface area (Å²) in [6.07, 6.45) is -4.82. The summed E-state index contributed by atoms with van der Waals surface area (Å²) in [5, 5.41) is 4.88. The number of carbonyl (C=O) groups is 2. The Morgan fingerprint density at radius 1 is 1.10 bits per heavy atom. The lowest BCUT2D eigenvalue weighted by atomic mass is 9.91. The summed E-state index contributed by atoms with van der Waals surface area (Å²) in [4.78, 5) is 26.4.